The van der Waals surface area contributed by atoms with Crippen LogP contribution in [-0.4, -0.2) is 18.6 Å². The van der Waals surface area contributed by atoms with Crippen molar-refractivity contribution in [2.24, 2.45) is 11.7 Å². The Morgan fingerprint density at radius 2 is 2.08 bits per heavy atom. The lowest BCUT2D eigenvalue weighted by Gasteiger charge is -2.11. The second-order valence-corrected chi connectivity index (χ2v) is 3.42. The van der Waals surface area contributed by atoms with E-state index in [0.717, 1.165) is 6.42 Å². The smallest absolute Gasteiger partial charge is 0.322 e. The van der Waals surface area contributed by atoms with Gasteiger partial charge in [-0.1, -0.05) is 27.2 Å². The molecule has 0 aliphatic rings. The van der Waals surface area contributed by atoms with Crippen molar-refractivity contribution in [3.63, 3.8) is 0 Å². The quantitative estimate of drug-likeness (QED) is 0.638. The molecular weight excluding hydrogens is 154 g/mol. The van der Waals surface area contributed by atoms with Gasteiger partial charge in [0.1, 0.15) is 6.04 Å². The summed E-state index contributed by atoms with van der Waals surface area (Å²) in [4.78, 5) is 11.1. The fraction of sp³-hybridized carbons (Fsp3) is 0.889. The zero-order valence-electron chi connectivity index (χ0n) is 8.17. The van der Waals surface area contributed by atoms with Gasteiger partial charge in [0.15, 0.2) is 0 Å². The van der Waals surface area contributed by atoms with Crippen molar-refractivity contribution in [2.45, 2.75) is 39.7 Å². The first kappa shape index (κ1) is 11.4. The Hall–Kier alpha value is -0.570. The molecule has 0 heterocycles. The van der Waals surface area contributed by atoms with Crippen molar-refractivity contribution in [1.82, 2.24) is 0 Å². The van der Waals surface area contributed by atoms with Crippen LogP contribution in [0.25, 0.3) is 0 Å². The highest BCUT2D eigenvalue weighted by Gasteiger charge is 2.13. The predicted molar refractivity (Wildman–Crippen MR) is 48.7 cm³/mol. The molecule has 72 valence electrons. The van der Waals surface area contributed by atoms with Crippen LogP contribution in [0, 0.1) is 5.92 Å². The summed E-state index contributed by atoms with van der Waals surface area (Å²) in [5.74, 6) is 0.105. The van der Waals surface area contributed by atoms with Crippen LogP contribution < -0.4 is 5.73 Å². The number of rotatable bonds is 5. The number of ether oxygens (including phenoxy) is 1. The minimum atomic E-state index is -0.436. The molecule has 0 aliphatic heterocycles. The van der Waals surface area contributed by atoms with E-state index in [4.69, 9.17) is 10.5 Å². The van der Waals surface area contributed by atoms with E-state index in [1.807, 2.05) is 20.8 Å². The Morgan fingerprint density at radius 1 is 1.50 bits per heavy atom. The van der Waals surface area contributed by atoms with E-state index in [-0.39, 0.29) is 5.97 Å². The predicted octanol–water partition coefficient (Wildman–Crippen LogP) is 1.31. The molecule has 0 rings (SSSR count). The zero-order valence-corrected chi connectivity index (χ0v) is 8.17. The molecule has 0 aromatic rings. The first-order valence-electron chi connectivity index (χ1n) is 4.50. The highest BCUT2D eigenvalue weighted by atomic mass is 16.5. The highest BCUT2D eigenvalue weighted by molar-refractivity contribution is 5.75. The van der Waals surface area contributed by atoms with Crippen LogP contribution in [-0.2, 0) is 9.53 Å². The highest BCUT2D eigenvalue weighted by Crippen LogP contribution is 1.98. The van der Waals surface area contributed by atoms with Crippen molar-refractivity contribution in [2.75, 3.05) is 6.61 Å². The topological polar surface area (TPSA) is 52.3 Å². The summed E-state index contributed by atoms with van der Waals surface area (Å²) in [5.41, 5.74) is 5.54. The second kappa shape index (κ2) is 6.00. The Bertz CT molecular complexity index is 134. The van der Waals surface area contributed by atoms with Crippen LogP contribution in [0.2, 0.25) is 0 Å². The van der Waals surface area contributed by atoms with E-state index in [0.29, 0.717) is 18.9 Å². The van der Waals surface area contributed by atoms with Crippen LogP contribution in [0.5, 0.6) is 0 Å². The first-order chi connectivity index (χ1) is 5.57. The SMILES string of the molecule is CCC[C@H](N)C(=O)OCC(C)C. The molecule has 1 atom stereocenters. The van der Waals surface area contributed by atoms with Gasteiger partial charge in [0.2, 0.25) is 0 Å². The summed E-state index contributed by atoms with van der Waals surface area (Å²) >= 11 is 0. The van der Waals surface area contributed by atoms with Crippen LogP contribution in [0.3, 0.4) is 0 Å². The minimum Gasteiger partial charge on any atom is -0.464 e. The van der Waals surface area contributed by atoms with Crippen LogP contribution in [0.1, 0.15) is 33.6 Å². The molecular formula is C9H19NO2. The summed E-state index contributed by atoms with van der Waals surface area (Å²) in [6.07, 6.45) is 1.62. The first-order valence-corrected chi connectivity index (χ1v) is 4.50. The molecule has 12 heavy (non-hydrogen) atoms. The average Bonchev–Trinajstić information content (AvgIpc) is 2.00. The maximum atomic E-state index is 11.1. The second-order valence-electron chi connectivity index (χ2n) is 3.42. The number of carbonyl (C=O) groups excluding carboxylic acids is 1. The fourth-order valence-electron chi connectivity index (χ4n) is 0.785. The Labute approximate surface area is 74.3 Å². The third-order valence-corrected chi connectivity index (χ3v) is 1.46. The number of esters is 1. The van der Waals surface area contributed by atoms with Gasteiger partial charge in [-0.3, -0.25) is 4.79 Å². The maximum Gasteiger partial charge on any atom is 0.322 e. The summed E-state index contributed by atoms with van der Waals surface area (Å²) < 4.78 is 4.95. The van der Waals surface area contributed by atoms with E-state index in [1.54, 1.807) is 0 Å². The fourth-order valence-corrected chi connectivity index (χ4v) is 0.785. The molecule has 0 unspecified atom stereocenters. The van der Waals surface area contributed by atoms with Gasteiger partial charge in [-0.15, -0.1) is 0 Å². The molecule has 0 radical (unpaired) electrons. The third kappa shape index (κ3) is 5.13. The third-order valence-electron chi connectivity index (χ3n) is 1.46. The number of nitrogens with two attached hydrogens (primary N) is 1. The van der Waals surface area contributed by atoms with Gasteiger partial charge in [0.05, 0.1) is 6.61 Å². The Balaban J connectivity index is 3.57. The van der Waals surface area contributed by atoms with Crippen molar-refractivity contribution >= 4 is 5.97 Å². The van der Waals surface area contributed by atoms with Gasteiger partial charge in [-0.05, 0) is 12.3 Å². The van der Waals surface area contributed by atoms with Gasteiger partial charge in [0, 0.05) is 0 Å². The molecule has 3 nitrogen and oxygen atoms in total. The largest absolute Gasteiger partial charge is 0.464 e. The molecule has 0 spiro atoms. The summed E-state index contributed by atoms with van der Waals surface area (Å²) in [6.45, 7) is 6.46. The normalized spacial score (nSPS) is 13.1. The van der Waals surface area contributed by atoms with Gasteiger partial charge < -0.3 is 10.5 Å². The molecule has 3 heteroatoms. The molecule has 0 fully saturated rings. The standard InChI is InChI=1S/C9H19NO2/c1-4-5-8(10)9(11)12-6-7(2)3/h7-8H,4-6,10H2,1-3H3/t8-/m0/s1. The molecule has 0 aliphatic carbocycles. The van der Waals surface area contributed by atoms with E-state index in [1.165, 1.54) is 0 Å². The van der Waals surface area contributed by atoms with E-state index >= 15 is 0 Å². The molecule has 0 saturated heterocycles. The summed E-state index contributed by atoms with van der Waals surface area (Å²) in [5, 5.41) is 0. The van der Waals surface area contributed by atoms with Crippen LogP contribution in [0.15, 0.2) is 0 Å². The van der Waals surface area contributed by atoms with Crippen molar-refractivity contribution in [1.29, 1.82) is 0 Å². The van der Waals surface area contributed by atoms with Gasteiger partial charge in [0.25, 0.3) is 0 Å². The van der Waals surface area contributed by atoms with E-state index in [9.17, 15) is 4.79 Å². The minimum absolute atomic E-state index is 0.273. The molecule has 0 saturated carbocycles. The average molecular weight is 173 g/mol. The Morgan fingerprint density at radius 3 is 2.50 bits per heavy atom. The summed E-state index contributed by atoms with van der Waals surface area (Å²) in [6, 6.07) is -0.436. The lowest BCUT2D eigenvalue weighted by molar-refractivity contribution is -0.146. The van der Waals surface area contributed by atoms with Gasteiger partial charge in [-0.25, -0.2) is 0 Å². The van der Waals surface area contributed by atoms with E-state index < -0.39 is 6.04 Å². The molecule has 0 aromatic carbocycles. The lowest BCUT2D eigenvalue weighted by Crippen LogP contribution is -2.32. The van der Waals surface area contributed by atoms with Gasteiger partial charge in [-0.2, -0.15) is 0 Å². The number of hydrogen-bond donors (Lipinski definition) is 1. The van der Waals surface area contributed by atoms with Crippen LogP contribution >= 0.6 is 0 Å². The molecule has 0 amide bonds. The van der Waals surface area contributed by atoms with Crippen molar-refractivity contribution in [3.8, 4) is 0 Å². The molecule has 0 bridgehead atoms. The van der Waals surface area contributed by atoms with E-state index in [2.05, 4.69) is 0 Å². The zero-order chi connectivity index (χ0) is 9.56. The van der Waals surface area contributed by atoms with Crippen LogP contribution in [0.4, 0.5) is 0 Å². The van der Waals surface area contributed by atoms with Crippen molar-refractivity contribution < 1.29 is 9.53 Å². The summed E-state index contributed by atoms with van der Waals surface area (Å²) in [7, 11) is 0. The van der Waals surface area contributed by atoms with Gasteiger partial charge >= 0.3 is 5.97 Å². The number of carbonyl (C=O) groups is 1. The maximum absolute atomic E-state index is 11.1. The molecule has 0 aromatic heterocycles. The van der Waals surface area contributed by atoms with Crippen molar-refractivity contribution in [3.05, 3.63) is 0 Å². The lowest BCUT2D eigenvalue weighted by atomic mass is 10.2. The number of hydrogen-bond acceptors (Lipinski definition) is 3. The molecule has 2 N–H and O–H groups in total. The monoisotopic (exact) mass is 173 g/mol. The Kier molecular flexibility index (Phi) is 5.72.